The van der Waals surface area contributed by atoms with E-state index in [9.17, 15) is 4.79 Å². The van der Waals surface area contributed by atoms with Gasteiger partial charge in [-0.2, -0.15) is 0 Å². The third kappa shape index (κ3) is 5.05. The molecule has 1 saturated carbocycles. The molecule has 0 spiro atoms. The van der Waals surface area contributed by atoms with Crippen molar-refractivity contribution in [3.63, 3.8) is 0 Å². The molecular weight excluding hydrogens is 380 g/mol. The Bertz CT molecular complexity index is 949. The minimum absolute atomic E-state index is 0. The van der Waals surface area contributed by atoms with Crippen LogP contribution in [-0.4, -0.2) is 27.5 Å². The summed E-state index contributed by atoms with van der Waals surface area (Å²) in [6, 6.07) is 13.9. The van der Waals surface area contributed by atoms with Crippen LogP contribution in [0.5, 0.6) is 0 Å². The number of carbonyl (C=O) groups excluding carboxylic acids is 1. The van der Waals surface area contributed by atoms with Gasteiger partial charge in [-0.15, -0.1) is 0 Å². The lowest BCUT2D eigenvalue weighted by Gasteiger charge is -2.26. The van der Waals surface area contributed by atoms with Crippen LogP contribution in [0.25, 0.3) is 11.0 Å². The lowest BCUT2D eigenvalue weighted by Crippen LogP contribution is -2.29. The van der Waals surface area contributed by atoms with Crippen molar-refractivity contribution in [2.24, 2.45) is 17.6 Å². The lowest BCUT2D eigenvalue weighted by molar-refractivity contribution is -0.121. The zero-order valence-electron chi connectivity index (χ0n) is 17.1. The Kier molecular flexibility index (Phi) is 7.57. The highest BCUT2D eigenvalue weighted by molar-refractivity contribution is 6.01. The number of aromatic nitrogens is 2. The van der Waals surface area contributed by atoms with Gasteiger partial charge >= 0.3 is 0 Å². The highest BCUT2D eigenvalue weighted by Gasteiger charge is 2.26. The smallest absolute Gasteiger partial charge is 0.227 e. The molecule has 0 saturated heterocycles. The van der Waals surface area contributed by atoms with E-state index in [0.717, 1.165) is 54.5 Å². The first kappa shape index (κ1) is 22.0. The van der Waals surface area contributed by atoms with Crippen LogP contribution < -0.4 is 11.1 Å². The Morgan fingerprint density at radius 2 is 1.90 bits per heavy atom. The summed E-state index contributed by atoms with van der Waals surface area (Å²) in [5.74, 6) is 0.731. The Balaban J connectivity index is 0.00000256. The predicted molar refractivity (Wildman–Crippen MR) is 118 cm³/mol. The third-order valence-corrected chi connectivity index (χ3v) is 5.81. The fourth-order valence-electron chi connectivity index (χ4n) is 4.03. The van der Waals surface area contributed by atoms with Crippen molar-refractivity contribution in [1.29, 1.82) is 0 Å². The van der Waals surface area contributed by atoms with E-state index in [2.05, 4.69) is 10.3 Å². The first-order valence-corrected chi connectivity index (χ1v) is 10.3. The molecule has 1 aliphatic carbocycles. The van der Waals surface area contributed by atoms with Gasteiger partial charge in [0.05, 0.1) is 12.3 Å². The first-order valence-electron chi connectivity index (χ1n) is 10.3. The van der Waals surface area contributed by atoms with Crippen molar-refractivity contribution in [2.45, 2.75) is 39.0 Å². The molecule has 7 nitrogen and oxygen atoms in total. The highest BCUT2D eigenvalue weighted by Crippen LogP contribution is 2.30. The molecule has 0 bridgehead atoms. The summed E-state index contributed by atoms with van der Waals surface area (Å²) in [5.41, 5.74) is 8.51. The zero-order chi connectivity index (χ0) is 20.1. The summed E-state index contributed by atoms with van der Waals surface area (Å²) in [6.45, 7) is 1.67. The standard InChI is InChI=1S/C23H28N4O2.H2O/c24-14-17-6-8-19(9-7-17)23(28)26-21-10-12-25-22-20(21)11-13-27(22)16-29-15-18-4-2-1-3-5-18;/h1-5,10-13,17,19H,6-9,14-16,24H2,(H,25,26,28);1H2. The average Bonchev–Trinajstić information content (AvgIpc) is 3.19. The van der Waals surface area contributed by atoms with Crippen LogP contribution in [0.2, 0.25) is 0 Å². The summed E-state index contributed by atoms with van der Waals surface area (Å²) in [5, 5.41) is 4.05. The molecule has 1 amide bonds. The number of hydrogen-bond acceptors (Lipinski definition) is 4. The number of amides is 1. The van der Waals surface area contributed by atoms with Gasteiger partial charge in [0, 0.05) is 23.7 Å². The van der Waals surface area contributed by atoms with Gasteiger partial charge in [-0.25, -0.2) is 4.98 Å². The number of carbonyl (C=O) groups is 1. The number of anilines is 1. The van der Waals surface area contributed by atoms with Gasteiger partial charge in [0.25, 0.3) is 0 Å². The fraction of sp³-hybridized carbons (Fsp3) is 0.391. The van der Waals surface area contributed by atoms with Gasteiger partial charge in [-0.3, -0.25) is 4.79 Å². The van der Waals surface area contributed by atoms with Crippen LogP contribution in [-0.2, 0) is 22.9 Å². The topological polar surface area (TPSA) is 114 Å². The van der Waals surface area contributed by atoms with E-state index in [1.54, 1.807) is 6.20 Å². The second-order valence-corrected chi connectivity index (χ2v) is 7.79. The van der Waals surface area contributed by atoms with Gasteiger partial charge < -0.3 is 25.8 Å². The predicted octanol–water partition coefficient (Wildman–Crippen LogP) is 3.09. The minimum atomic E-state index is 0. The maximum absolute atomic E-state index is 12.7. The quantitative estimate of drug-likeness (QED) is 0.623. The Morgan fingerprint density at radius 3 is 2.63 bits per heavy atom. The van der Waals surface area contributed by atoms with Crippen molar-refractivity contribution in [3.8, 4) is 0 Å². The number of rotatable bonds is 7. The molecule has 1 fully saturated rings. The molecule has 5 N–H and O–H groups in total. The van der Waals surface area contributed by atoms with E-state index in [-0.39, 0.29) is 17.3 Å². The van der Waals surface area contributed by atoms with Gasteiger partial charge in [0.1, 0.15) is 12.4 Å². The second-order valence-electron chi connectivity index (χ2n) is 7.79. The summed E-state index contributed by atoms with van der Waals surface area (Å²) >= 11 is 0. The molecule has 4 rings (SSSR count). The molecule has 2 aromatic heterocycles. The summed E-state index contributed by atoms with van der Waals surface area (Å²) in [7, 11) is 0. The van der Waals surface area contributed by atoms with Gasteiger partial charge in [-0.05, 0) is 55.8 Å². The lowest BCUT2D eigenvalue weighted by atomic mass is 9.81. The monoisotopic (exact) mass is 410 g/mol. The largest absolute Gasteiger partial charge is 0.412 e. The molecule has 3 aromatic rings. The molecule has 0 atom stereocenters. The molecule has 2 heterocycles. The SMILES string of the molecule is NCC1CCC(C(=O)Nc2ccnc3c2ccn3COCc2ccccc2)CC1.O. The number of nitrogens with one attached hydrogen (secondary N) is 1. The first-order chi connectivity index (χ1) is 14.2. The number of ether oxygens (including phenoxy) is 1. The Morgan fingerprint density at radius 1 is 1.13 bits per heavy atom. The average molecular weight is 411 g/mol. The van der Waals surface area contributed by atoms with Crippen molar-refractivity contribution < 1.29 is 15.0 Å². The van der Waals surface area contributed by atoms with Crippen LogP contribution in [0, 0.1) is 11.8 Å². The molecule has 30 heavy (non-hydrogen) atoms. The normalized spacial score (nSPS) is 18.7. The van der Waals surface area contributed by atoms with E-state index in [4.69, 9.17) is 10.5 Å². The van der Waals surface area contributed by atoms with E-state index >= 15 is 0 Å². The van der Waals surface area contributed by atoms with Crippen molar-refractivity contribution in [1.82, 2.24) is 9.55 Å². The number of nitrogens with zero attached hydrogens (tertiary/aromatic N) is 2. The zero-order valence-corrected chi connectivity index (χ0v) is 17.1. The maximum atomic E-state index is 12.7. The Hall–Kier alpha value is -2.74. The molecule has 1 aliphatic rings. The number of nitrogens with two attached hydrogens (primary N) is 1. The summed E-state index contributed by atoms with van der Waals surface area (Å²) in [6.07, 6.45) is 7.58. The van der Waals surface area contributed by atoms with Crippen LogP contribution in [0.4, 0.5) is 5.69 Å². The van der Waals surface area contributed by atoms with E-state index in [1.807, 2.05) is 53.2 Å². The molecule has 7 heteroatoms. The molecular formula is C23H30N4O3. The van der Waals surface area contributed by atoms with E-state index in [0.29, 0.717) is 19.3 Å². The van der Waals surface area contributed by atoms with Gasteiger partial charge in [-0.1, -0.05) is 30.3 Å². The minimum Gasteiger partial charge on any atom is -0.412 e. The van der Waals surface area contributed by atoms with Crippen LogP contribution >= 0.6 is 0 Å². The molecule has 0 aliphatic heterocycles. The second kappa shape index (κ2) is 10.3. The van der Waals surface area contributed by atoms with Crippen LogP contribution in [0.15, 0.2) is 54.9 Å². The summed E-state index contributed by atoms with van der Waals surface area (Å²) in [4.78, 5) is 17.2. The van der Waals surface area contributed by atoms with Crippen molar-refractivity contribution in [3.05, 3.63) is 60.4 Å². The highest BCUT2D eigenvalue weighted by atomic mass is 16.5. The van der Waals surface area contributed by atoms with Crippen molar-refractivity contribution >= 4 is 22.6 Å². The van der Waals surface area contributed by atoms with E-state index < -0.39 is 0 Å². The fourth-order valence-corrected chi connectivity index (χ4v) is 4.03. The number of fused-ring (bicyclic) bond motifs is 1. The maximum Gasteiger partial charge on any atom is 0.227 e. The van der Waals surface area contributed by atoms with Gasteiger partial charge in [0.2, 0.25) is 5.91 Å². The molecule has 1 aromatic carbocycles. The van der Waals surface area contributed by atoms with E-state index in [1.165, 1.54) is 0 Å². The number of pyridine rings is 1. The molecule has 0 unspecified atom stereocenters. The third-order valence-electron chi connectivity index (χ3n) is 5.81. The van der Waals surface area contributed by atoms with Crippen LogP contribution in [0.1, 0.15) is 31.2 Å². The summed E-state index contributed by atoms with van der Waals surface area (Å²) < 4.78 is 7.79. The molecule has 0 radical (unpaired) electrons. The number of benzene rings is 1. The molecule has 160 valence electrons. The van der Waals surface area contributed by atoms with Gasteiger partial charge in [0.15, 0.2) is 0 Å². The van der Waals surface area contributed by atoms with Crippen LogP contribution in [0.3, 0.4) is 0 Å². The van der Waals surface area contributed by atoms with Crippen molar-refractivity contribution in [2.75, 3.05) is 11.9 Å². The number of hydrogen-bond donors (Lipinski definition) is 2. The Labute approximate surface area is 176 Å².